The molecule has 3 N–H and O–H groups in total. The molecule has 0 aliphatic heterocycles. The Morgan fingerprint density at radius 1 is 1.23 bits per heavy atom. The average Bonchev–Trinajstić information content (AvgIpc) is 2.91. The highest BCUT2D eigenvalue weighted by atomic mass is 32.2. The van der Waals surface area contributed by atoms with Crippen molar-refractivity contribution in [1.82, 2.24) is 15.8 Å². The summed E-state index contributed by atoms with van der Waals surface area (Å²) in [6.45, 7) is 0. The molecular formula is C13H11N3O4S2. The lowest BCUT2D eigenvalue weighted by Crippen LogP contribution is -2.41. The van der Waals surface area contributed by atoms with Crippen molar-refractivity contribution in [2.75, 3.05) is 5.75 Å². The van der Waals surface area contributed by atoms with Crippen molar-refractivity contribution < 1.29 is 19.5 Å². The summed E-state index contributed by atoms with van der Waals surface area (Å²) in [6.07, 6.45) is 1.49. The highest BCUT2D eigenvalue weighted by Crippen LogP contribution is 2.28. The Morgan fingerprint density at radius 2 is 2.00 bits per heavy atom. The second-order valence-corrected chi connectivity index (χ2v) is 6.20. The quantitative estimate of drug-likeness (QED) is 0.429. The molecule has 0 saturated heterocycles. The van der Waals surface area contributed by atoms with Gasteiger partial charge < -0.3 is 5.11 Å². The summed E-state index contributed by atoms with van der Waals surface area (Å²) in [5, 5.41) is 8.35. The number of aromatic nitrogens is 1. The maximum absolute atomic E-state index is 11.6. The van der Waals surface area contributed by atoms with Crippen LogP contribution >= 0.6 is 23.1 Å². The molecule has 2 rings (SSSR count). The van der Waals surface area contributed by atoms with Crippen molar-refractivity contribution in [3.05, 3.63) is 36.4 Å². The molecule has 1 aromatic heterocycles. The first kappa shape index (κ1) is 16.0. The lowest BCUT2D eigenvalue weighted by Gasteiger charge is -2.03. The Kier molecular flexibility index (Phi) is 5.50. The molecule has 0 saturated carbocycles. The van der Waals surface area contributed by atoms with E-state index in [0.29, 0.717) is 6.08 Å². The van der Waals surface area contributed by atoms with E-state index in [1.807, 2.05) is 24.3 Å². The predicted molar refractivity (Wildman–Crippen MR) is 83.4 cm³/mol. The van der Waals surface area contributed by atoms with Gasteiger partial charge in [-0.05, 0) is 12.1 Å². The van der Waals surface area contributed by atoms with E-state index in [2.05, 4.69) is 15.8 Å². The number of carboxylic acids is 1. The van der Waals surface area contributed by atoms with Crippen LogP contribution in [0.15, 0.2) is 40.8 Å². The lowest BCUT2D eigenvalue weighted by atomic mass is 10.3. The summed E-state index contributed by atoms with van der Waals surface area (Å²) >= 11 is 2.74. The van der Waals surface area contributed by atoms with Gasteiger partial charge in [0.25, 0.3) is 5.91 Å². The Hall–Kier alpha value is -2.39. The van der Waals surface area contributed by atoms with Crippen molar-refractivity contribution in [1.29, 1.82) is 0 Å². The van der Waals surface area contributed by atoms with E-state index in [1.54, 1.807) is 0 Å². The molecule has 1 aromatic carbocycles. The third-order valence-electron chi connectivity index (χ3n) is 2.30. The number of aliphatic carboxylic acids is 1. The van der Waals surface area contributed by atoms with Gasteiger partial charge in [0.1, 0.15) is 0 Å². The van der Waals surface area contributed by atoms with Gasteiger partial charge in [-0.3, -0.25) is 20.4 Å². The van der Waals surface area contributed by atoms with Crippen LogP contribution in [0, 0.1) is 0 Å². The van der Waals surface area contributed by atoms with Crippen molar-refractivity contribution in [2.24, 2.45) is 0 Å². The fraction of sp³-hybridized carbons (Fsp3) is 0.0769. The summed E-state index contributed by atoms with van der Waals surface area (Å²) in [4.78, 5) is 37.3. The number of carbonyl (C=O) groups excluding carboxylic acids is 2. The topological polar surface area (TPSA) is 108 Å². The number of thiazole rings is 1. The van der Waals surface area contributed by atoms with E-state index >= 15 is 0 Å². The highest BCUT2D eigenvalue weighted by Gasteiger charge is 2.08. The number of benzene rings is 1. The number of nitrogens with one attached hydrogen (secondary N) is 2. The lowest BCUT2D eigenvalue weighted by molar-refractivity contribution is -0.131. The molecule has 0 fully saturated rings. The van der Waals surface area contributed by atoms with Crippen LogP contribution in [0.5, 0.6) is 0 Å². The Bertz CT molecular complexity index is 709. The van der Waals surface area contributed by atoms with E-state index in [0.717, 1.165) is 20.6 Å². The van der Waals surface area contributed by atoms with Crippen LogP contribution in [0.2, 0.25) is 0 Å². The number of hydrogen-bond acceptors (Lipinski definition) is 6. The molecule has 22 heavy (non-hydrogen) atoms. The van der Waals surface area contributed by atoms with Gasteiger partial charge in [-0.15, -0.1) is 11.3 Å². The Balaban J connectivity index is 1.78. The number of fused-ring (bicyclic) bond motifs is 1. The van der Waals surface area contributed by atoms with Crippen molar-refractivity contribution in [2.45, 2.75) is 4.34 Å². The Labute approximate surface area is 133 Å². The van der Waals surface area contributed by atoms with Gasteiger partial charge in [-0.1, -0.05) is 23.9 Å². The molecule has 0 aliphatic carbocycles. The zero-order chi connectivity index (χ0) is 15.9. The maximum Gasteiger partial charge on any atom is 0.328 e. The van der Waals surface area contributed by atoms with Crippen LogP contribution in [0.25, 0.3) is 10.2 Å². The molecule has 0 atom stereocenters. The molecule has 0 bridgehead atoms. The number of thioether (sulfide) groups is 1. The maximum atomic E-state index is 11.6. The molecule has 9 heteroatoms. The molecule has 0 aliphatic rings. The van der Waals surface area contributed by atoms with Gasteiger partial charge in [0.15, 0.2) is 4.34 Å². The van der Waals surface area contributed by atoms with Crippen molar-refractivity contribution in [3.63, 3.8) is 0 Å². The summed E-state index contributed by atoms with van der Waals surface area (Å²) < 4.78 is 1.80. The van der Waals surface area contributed by atoms with Gasteiger partial charge in [0.2, 0.25) is 5.91 Å². The summed E-state index contributed by atoms with van der Waals surface area (Å²) in [7, 11) is 0. The molecule has 1 heterocycles. The summed E-state index contributed by atoms with van der Waals surface area (Å²) in [5.41, 5.74) is 5.14. The summed E-state index contributed by atoms with van der Waals surface area (Å²) in [6, 6.07) is 7.66. The molecule has 2 amide bonds. The first-order chi connectivity index (χ1) is 10.5. The van der Waals surface area contributed by atoms with E-state index in [-0.39, 0.29) is 5.75 Å². The van der Waals surface area contributed by atoms with E-state index in [4.69, 9.17) is 5.11 Å². The van der Waals surface area contributed by atoms with E-state index in [1.165, 1.54) is 23.1 Å². The van der Waals surface area contributed by atoms with Crippen molar-refractivity contribution in [3.8, 4) is 0 Å². The van der Waals surface area contributed by atoms with Crippen LogP contribution < -0.4 is 10.9 Å². The molecule has 0 unspecified atom stereocenters. The third kappa shape index (κ3) is 4.86. The number of para-hydroxylation sites is 1. The molecule has 0 spiro atoms. The molecule has 0 radical (unpaired) electrons. The average molecular weight is 337 g/mol. The second-order valence-electron chi connectivity index (χ2n) is 3.95. The smallest absolute Gasteiger partial charge is 0.328 e. The fourth-order valence-electron chi connectivity index (χ4n) is 1.40. The number of nitrogens with zero attached hydrogens (tertiary/aromatic N) is 1. The van der Waals surface area contributed by atoms with Gasteiger partial charge >= 0.3 is 5.97 Å². The van der Waals surface area contributed by atoms with Gasteiger partial charge in [-0.25, -0.2) is 9.78 Å². The highest BCUT2D eigenvalue weighted by molar-refractivity contribution is 8.01. The zero-order valence-corrected chi connectivity index (χ0v) is 12.7. The molecule has 114 valence electrons. The molecule has 7 nitrogen and oxygen atoms in total. The van der Waals surface area contributed by atoms with E-state index in [9.17, 15) is 14.4 Å². The van der Waals surface area contributed by atoms with Crippen LogP contribution in [-0.2, 0) is 14.4 Å². The minimum absolute atomic E-state index is 0.0861. The van der Waals surface area contributed by atoms with Crippen LogP contribution in [0.3, 0.4) is 0 Å². The number of hydrazine groups is 1. The van der Waals surface area contributed by atoms with Crippen molar-refractivity contribution >= 4 is 51.1 Å². The van der Waals surface area contributed by atoms with E-state index < -0.39 is 17.8 Å². The number of amides is 2. The minimum Gasteiger partial charge on any atom is -0.478 e. The normalized spacial score (nSPS) is 10.7. The predicted octanol–water partition coefficient (Wildman–Crippen LogP) is 1.18. The van der Waals surface area contributed by atoms with Crippen LogP contribution in [-0.4, -0.2) is 33.6 Å². The van der Waals surface area contributed by atoms with Gasteiger partial charge in [-0.2, -0.15) is 0 Å². The SMILES string of the molecule is O=C(O)/C=C\C(=O)NNC(=O)CSc1nc2ccccc2s1. The number of carbonyl (C=O) groups is 3. The monoisotopic (exact) mass is 337 g/mol. The largest absolute Gasteiger partial charge is 0.478 e. The zero-order valence-electron chi connectivity index (χ0n) is 11.1. The first-order valence-corrected chi connectivity index (χ1v) is 7.83. The first-order valence-electron chi connectivity index (χ1n) is 6.03. The number of carboxylic acid groups (broad SMARTS) is 1. The van der Waals surface area contributed by atoms with Crippen LogP contribution in [0.4, 0.5) is 0 Å². The minimum atomic E-state index is -1.24. The second kappa shape index (κ2) is 7.57. The number of rotatable bonds is 5. The fourth-order valence-corrected chi connectivity index (χ4v) is 3.26. The van der Waals surface area contributed by atoms with Crippen LogP contribution in [0.1, 0.15) is 0 Å². The van der Waals surface area contributed by atoms with Gasteiger partial charge in [0.05, 0.1) is 16.0 Å². The standard InChI is InChI=1S/C13H11N3O4S2/c17-10(5-6-12(19)20)15-16-11(18)7-21-13-14-8-3-1-2-4-9(8)22-13/h1-6H,7H2,(H,15,17)(H,16,18)(H,19,20)/b6-5-. The number of hydrogen-bond donors (Lipinski definition) is 3. The molecule has 2 aromatic rings. The van der Waals surface area contributed by atoms with Gasteiger partial charge in [0, 0.05) is 12.2 Å². The summed E-state index contributed by atoms with van der Waals surface area (Å²) in [5.74, 6) is -2.29. The molecular weight excluding hydrogens is 326 g/mol. The third-order valence-corrected chi connectivity index (χ3v) is 4.48. The Morgan fingerprint density at radius 3 is 2.73 bits per heavy atom.